The summed E-state index contributed by atoms with van der Waals surface area (Å²) >= 11 is 0. The zero-order valence-electron chi connectivity index (χ0n) is 18.1. The Balaban J connectivity index is 1.42. The van der Waals surface area contributed by atoms with Crippen LogP contribution >= 0.6 is 0 Å². The highest BCUT2D eigenvalue weighted by Crippen LogP contribution is 2.62. The lowest BCUT2D eigenvalue weighted by atomic mass is 9.48. The Morgan fingerprint density at radius 1 is 0.935 bits per heavy atom. The summed E-state index contributed by atoms with van der Waals surface area (Å²) < 4.78 is 16.9. The van der Waals surface area contributed by atoms with Crippen LogP contribution in [0.15, 0.2) is 46.9 Å². The fourth-order valence-electron chi connectivity index (χ4n) is 7.13. The zero-order chi connectivity index (χ0) is 21.2. The Morgan fingerprint density at radius 3 is 2.29 bits per heavy atom. The number of carbonyl (C=O) groups is 1. The SMILES string of the molecule is COC(=O)c1ccc2cc(-c3ccc(OC)c(C45CC6CC(CC(C6)C4)C5)c3)oc2c1. The Bertz CT molecular complexity index is 1140. The van der Waals surface area contributed by atoms with Crippen molar-refractivity contribution in [3.8, 4) is 17.1 Å². The molecule has 4 aliphatic rings. The van der Waals surface area contributed by atoms with Crippen molar-refractivity contribution < 1.29 is 18.7 Å². The van der Waals surface area contributed by atoms with Gasteiger partial charge >= 0.3 is 5.97 Å². The van der Waals surface area contributed by atoms with E-state index in [9.17, 15) is 4.79 Å². The molecule has 0 radical (unpaired) electrons. The molecule has 0 amide bonds. The number of carbonyl (C=O) groups excluding carboxylic acids is 1. The van der Waals surface area contributed by atoms with Crippen LogP contribution in [-0.4, -0.2) is 20.2 Å². The van der Waals surface area contributed by atoms with Gasteiger partial charge in [-0.3, -0.25) is 0 Å². The first-order valence-electron chi connectivity index (χ1n) is 11.4. The number of esters is 1. The molecule has 1 aromatic heterocycles. The Hall–Kier alpha value is -2.75. The van der Waals surface area contributed by atoms with Crippen LogP contribution in [0.4, 0.5) is 0 Å². The molecule has 2 aromatic carbocycles. The first-order chi connectivity index (χ1) is 15.1. The van der Waals surface area contributed by atoms with Crippen molar-refractivity contribution in [2.24, 2.45) is 17.8 Å². The van der Waals surface area contributed by atoms with Gasteiger partial charge in [-0.1, -0.05) is 6.07 Å². The van der Waals surface area contributed by atoms with Gasteiger partial charge in [-0.05, 0) is 98.1 Å². The zero-order valence-corrected chi connectivity index (χ0v) is 18.1. The molecule has 4 saturated carbocycles. The van der Waals surface area contributed by atoms with E-state index in [1.54, 1.807) is 19.2 Å². The second-order valence-electron chi connectivity index (χ2n) is 9.97. The summed E-state index contributed by atoms with van der Waals surface area (Å²) in [5.74, 6) is 4.11. The normalized spacial score (nSPS) is 28.8. The van der Waals surface area contributed by atoms with Gasteiger partial charge in [0, 0.05) is 16.5 Å². The fourth-order valence-corrected chi connectivity index (χ4v) is 7.13. The number of rotatable bonds is 4. The van der Waals surface area contributed by atoms with Crippen molar-refractivity contribution >= 4 is 16.9 Å². The largest absolute Gasteiger partial charge is 0.496 e. The molecule has 4 nitrogen and oxygen atoms in total. The quantitative estimate of drug-likeness (QED) is 0.464. The summed E-state index contributed by atoms with van der Waals surface area (Å²) in [6, 6.07) is 14.0. The van der Waals surface area contributed by atoms with Gasteiger partial charge in [0.1, 0.15) is 17.1 Å². The third kappa shape index (κ3) is 2.99. The average molecular weight is 417 g/mol. The standard InChI is InChI=1S/C27H28O4/c1-29-23-6-5-19(24-11-20-3-4-21(26(28)30-2)12-25(20)31-24)10-22(23)27-13-16-7-17(14-27)9-18(8-16)15-27/h3-6,10-12,16-18H,7-9,13-15H2,1-2H3. The number of furan rings is 1. The molecule has 0 saturated heterocycles. The van der Waals surface area contributed by atoms with Gasteiger partial charge < -0.3 is 13.9 Å². The first kappa shape index (κ1) is 19.0. The second kappa shape index (κ2) is 6.88. The molecule has 7 rings (SSSR count). The summed E-state index contributed by atoms with van der Waals surface area (Å²) in [5, 5.41) is 0.981. The number of benzene rings is 2. The van der Waals surface area contributed by atoms with Crippen LogP contribution in [0.25, 0.3) is 22.3 Å². The van der Waals surface area contributed by atoms with E-state index >= 15 is 0 Å². The Morgan fingerprint density at radius 2 is 1.65 bits per heavy atom. The van der Waals surface area contributed by atoms with Crippen molar-refractivity contribution in [1.82, 2.24) is 0 Å². The summed E-state index contributed by atoms with van der Waals surface area (Å²) in [6.45, 7) is 0. The summed E-state index contributed by atoms with van der Waals surface area (Å²) in [7, 11) is 3.18. The molecule has 0 N–H and O–H groups in total. The molecule has 31 heavy (non-hydrogen) atoms. The number of fused-ring (bicyclic) bond motifs is 1. The third-order valence-electron chi connectivity index (χ3n) is 8.03. The number of hydrogen-bond acceptors (Lipinski definition) is 4. The molecule has 3 aromatic rings. The average Bonchev–Trinajstić information content (AvgIpc) is 3.20. The van der Waals surface area contributed by atoms with Gasteiger partial charge in [0.05, 0.1) is 19.8 Å². The predicted molar refractivity (Wildman–Crippen MR) is 119 cm³/mol. The van der Waals surface area contributed by atoms with Crippen LogP contribution in [0.1, 0.15) is 54.4 Å². The highest BCUT2D eigenvalue weighted by atomic mass is 16.5. The van der Waals surface area contributed by atoms with E-state index in [2.05, 4.69) is 24.3 Å². The van der Waals surface area contributed by atoms with Crippen LogP contribution in [-0.2, 0) is 10.2 Å². The minimum absolute atomic E-state index is 0.250. The van der Waals surface area contributed by atoms with Crippen LogP contribution in [0, 0.1) is 17.8 Å². The summed E-state index contributed by atoms with van der Waals surface area (Å²) in [4.78, 5) is 11.9. The van der Waals surface area contributed by atoms with Gasteiger partial charge in [-0.25, -0.2) is 4.79 Å². The van der Waals surface area contributed by atoms with Crippen LogP contribution in [0.5, 0.6) is 5.75 Å². The number of ether oxygens (including phenoxy) is 2. The second-order valence-corrected chi connectivity index (χ2v) is 9.97. The summed E-state index contributed by atoms with van der Waals surface area (Å²) in [6.07, 6.45) is 8.15. The smallest absolute Gasteiger partial charge is 0.337 e. The van der Waals surface area contributed by atoms with Crippen LogP contribution in [0.2, 0.25) is 0 Å². The highest BCUT2D eigenvalue weighted by molar-refractivity contribution is 5.94. The molecule has 1 heterocycles. The number of hydrogen-bond donors (Lipinski definition) is 0. The van der Waals surface area contributed by atoms with E-state index in [-0.39, 0.29) is 11.4 Å². The fraction of sp³-hybridized carbons (Fsp3) is 0.444. The van der Waals surface area contributed by atoms with Crippen molar-refractivity contribution in [1.29, 1.82) is 0 Å². The molecule has 0 atom stereocenters. The van der Waals surface area contributed by atoms with Crippen molar-refractivity contribution in [2.75, 3.05) is 14.2 Å². The predicted octanol–water partition coefficient (Wildman–Crippen LogP) is 6.36. The van der Waals surface area contributed by atoms with Crippen molar-refractivity contribution in [3.05, 3.63) is 53.6 Å². The number of methoxy groups -OCH3 is 2. The van der Waals surface area contributed by atoms with Crippen molar-refractivity contribution in [3.63, 3.8) is 0 Å². The third-order valence-corrected chi connectivity index (χ3v) is 8.03. The van der Waals surface area contributed by atoms with E-state index < -0.39 is 0 Å². The molecule has 4 fully saturated rings. The lowest BCUT2D eigenvalue weighted by Gasteiger charge is -2.57. The molecule has 160 valence electrons. The molecule has 4 aliphatic carbocycles. The molecule has 4 bridgehead atoms. The van der Waals surface area contributed by atoms with Crippen LogP contribution < -0.4 is 4.74 Å². The Kier molecular flexibility index (Phi) is 4.21. The Labute approximate surface area is 182 Å². The molecule has 0 unspecified atom stereocenters. The molecule has 4 heteroatoms. The van der Waals surface area contributed by atoms with Crippen molar-refractivity contribution in [2.45, 2.75) is 43.9 Å². The highest BCUT2D eigenvalue weighted by Gasteiger charge is 2.52. The lowest BCUT2D eigenvalue weighted by molar-refractivity contribution is -0.00613. The van der Waals surface area contributed by atoms with E-state index in [0.29, 0.717) is 11.1 Å². The molecule has 0 aliphatic heterocycles. The first-order valence-corrected chi connectivity index (χ1v) is 11.4. The van der Waals surface area contributed by atoms with Gasteiger partial charge in [0.25, 0.3) is 0 Å². The summed E-state index contributed by atoms with van der Waals surface area (Å²) in [5.41, 5.74) is 3.88. The van der Waals surface area contributed by atoms with Gasteiger partial charge in [-0.15, -0.1) is 0 Å². The molecular weight excluding hydrogens is 388 g/mol. The van der Waals surface area contributed by atoms with E-state index in [4.69, 9.17) is 13.9 Å². The van der Waals surface area contributed by atoms with Crippen LogP contribution in [0.3, 0.4) is 0 Å². The topological polar surface area (TPSA) is 48.7 Å². The minimum Gasteiger partial charge on any atom is -0.496 e. The maximum absolute atomic E-state index is 11.9. The van der Waals surface area contributed by atoms with E-state index in [1.165, 1.54) is 51.2 Å². The maximum atomic E-state index is 11.9. The minimum atomic E-state index is -0.353. The van der Waals surface area contributed by atoms with Gasteiger partial charge in [0.2, 0.25) is 0 Å². The van der Waals surface area contributed by atoms with E-state index in [1.807, 2.05) is 6.07 Å². The lowest BCUT2D eigenvalue weighted by Crippen LogP contribution is -2.48. The molecular formula is C27H28O4. The molecule has 0 spiro atoms. The van der Waals surface area contributed by atoms with Gasteiger partial charge in [-0.2, -0.15) is 0 Å². The maximum Gasteiger partial charge on any atom is 0.337 e. The van der Waals surface area contributed by atoms with E-state index in [0.717, 1.165) is 40.2 Å². The monoisotopic (exact) mass is 416 g/mol. The van der Waals surface area contributed by atoms with Gasteiger partial charge in [0.15, 0.2) is 0 Å².